The number of aryl methyl sites for hydroxylation is 2. The number of anilines is 1. The summed E-state index contributed by atoms with van der Waals surface area (Å²) in [6, 6.07) is 7.36. The Labute approximate surface area is 137 Å². The van der Waals surface area contributed by atoms with Gasteiger partial charge in [0.1, 0.15) is 12.4 Å². The third-order valence-corrected chi connectivity index (χ3v) is 3.80. The predicted molar refractivity (Wildman–Crippen MR) is 87.3 cm³/mol. The Bertz CT molecular complexity index is 855. The molecule has 0 atom stereocenters. The number of nitrogens with zero attached hydrogens (tertiary/aromatic N) is 3. The van der Waals surface area contributed by atoms with Crippen molar-refractivity contribution in [1.29, 1.82) is 0 Å². The van der Waals surface area contributed by atoms with Gasteiger partial charge in [0.05, 0.1) is 17.7 Å². The number of hydrogen-bond acceptors (Lipinski definition) is 4. The average Bonchev–Trinajstić information content (AvgIpc) is 3.04. The first kappa shape index (κ1) is 15.5. The number of amides is 1. The second kappa shape index (κ2) is 6.39. The van der Waals surface area contributed by atoms with E-state index in [4.69, 9.17) is 16.3 Å². The third-order valence-electron chi connectivity index (χ3n) is 3.43. The summed E-state index contributed by atoms with van der Waals surface area (Å²) < 4.78 is 7.06. The molecule has 3 rings (SSSR count). The first-order valence-electron chi connectivity index (χ1n) is 7.05. The molecule has 1 aromatic carbocycles. The lowest BCUT2D eigenvalue weighted by Crippen LogP contribution is -2.18. The summed E-state index contributed by atoms with van der Waals surface area (Å²) in [5.41, 5.74) is 2.33. The van der Waals surface area contributed by atoms with Crippen molar-refractivity contribution in [2.45, 2.75) is 13.5 Å². The van der Waals surface area contributed by atoms with Crippen molar-refractivity contribution in [1.82, 2.24) is 20.0 Å². The topological polar surface area (TPSA) is 84.8 Å². The Hall–Kier alpha value is -2.38. The maximum atomic E-state index is 12.0. The summed E-state index contributed by atoms with van der Waals surface area (Å²) in [6.45, 7) is 2.06. The van der Waals surface area contributed by atoms with Crippen molar-refractivity contribution in [2.75, 3.05) is 11.9 Å². The fourth-order valence-electron chi connectivity index (χ4n) is 2.37. The van der Waals surface area contributed by atoms with E-state index in [2.05, 4.69) is 20.6 Å². The Kier molecular flexibility index (Phi) is 4.31. The molecule has 0 fully saturated rings. The molecule has 0 saturated heterocycles. The monoisotopic (exact) mass is 333 g/mol. The van der Waals surface area contributed by atoms with Gasteiger partial charge in [0.25, 0.3) is 5.91 Å². The fourth-order valence-corrected chi connectivity index (χ4v) is 2.56. The van der Waals surface area contributed by atoms with Crippen molar-refractivity contribution < 1.29 is 9.53 Å². The molecule has 0 spiro atoms. The highest BCUT2D eigenvalue weighted by Gasteiger charge is 2.15. The number of aromatic amines is 1. The molecule has 2 N–H and O–H groups in total. The molecule has 120 valence electrons. The largest absolute Gasteiger partial charge is 0.367 e. The molecular weight excluding hydrogens is 318 g/mol. The van der Waals surface area contributed by atoms with Crippen LogP contribution in [-0.2, 0) is 23.2 Å². The van der Waals surface area contributed by atoms with E-state index < -0.39 is 0 Å². The van der Waals surface area contributed by atoms with E-state index in [-0.39, 0.29) is 19.1 Å². The molecule has 0 aliphatic rings. The Morgan fingerprint density at radius 1 is 1.43 bits per heavy atom. The molecule has 0 aliphatic carbocycles. The third kappa shape index (κ3) is 3.20. The van der Waals surface area contributed by atoms with Crippen LogP contribution in [0.1, 0.15) is 11.3 Å². The molecule has 7 nitrogen and oxygen atoms in total. The van der Waals surface area contributed by atoms with E-state index in [1.54, 1.807) is 17.8 Å². The molecule has 0 aliphatic heterocycles. The summed E-state index contributed by atoms with van der Waals surface area (Å²) in [5, 5.41) is 15.4. The highest BCUT2D eigenvalue weighted by atomic mass is 35.5. The SMILES string of the molecule is Cc1nn(C)c2n[nH]c(NC(=O)COCc3ccccc3Cl)c12. The maximum absolute atomic E-state index is 12.0. The molecule has 0 saturated carbocycles. The lowest BCUT2D eigenvalue weighted by molar-refractivity contribution is -0.121. The first-order chi connectivity index (χ1) is 11.1. The lowest BCUT2D eigenvalue weighted by Gasteiger charge is -2.06. The molecule has 1 amide bonds. The summed E-state index contributed by atoms with van der Waals surface area (Å²) in [7, 11) is 1.80. The van der Waals surface area contributed by atoms with Crippen molar-refractivity contribution >= 4 is 34.4 Å². The van der Waals surface area contributed by atoms with Crippen LogP contribution in [0.15, 0.2) is 24.3 Å². The van der Waals surface area contributed by atoms with Crippen LogP contribution in [0.5, 0.6) is 0 Å². The summed E-state index contributed by atoms with van der Waals surface area (Å²) in [5.74, 6) is 0.253. The van der Waals surface area contributed by atoms with Crippen LogP contribution < -0.4 is 5.32 Å². The number of hydrogen-bond donors (Lipinski definition) is 2. The molecule has 23 heavy (non-hydrogen) atoms. The molecule has 2 aromatic heterocycles. The molecule has 8 heteroatoms. The summed E-state index contributed by atoms with van der Waals surface area (Å²) >= 11 is 6.04. The first-order valence-corrected chi connectivity index (χ1v) is 7.42. The maximum Gasteiger partial charge on any atom is 0.251 e. The van der Waals surface area contributed by atoms with E-state index in [1.807, 2.05) is 25.1 Å². The number of rotatable bonds is 5. The van der Waals surface area contributed by atoms with Gasteiger partial charge >= 0.3 is 0 Å². The Balaban J connectivity index is 1.60. The van der Waals surface area contributed by atoms with Gasteiger partial charge in [0.2, 0.25) is 0 Å². The molecule has 2 heterocycles. The lowest BCUT2D eigenvalue weighted by atomic mass is 10.2. The quantitative estimate of drug-likeness (QED) is 0.751. The van der Waals surface area contributed by atoms with Crippen LogP contribution in [0.3, 0.4) is 0 Å². The van der Waals surface area contributed by atoms with E-state index >= 15 is 0 Å². The zero-order chi connectivity index (χ0) is 16.4. The van der Waals surface area contributed by atoms with Crippen LogP contribution in [0.4, 0.5) is 5.82 Å². The minimum absolute atomic E-state index is 0.0783. The van der Waals surface area contributed by atoms with Gasteiger partial charge in [-0.2, -0.15) is 10.2 Å². The zero-order valence-electron chi connectivity index (χ0n) is 12.8. The van der Waals surface area contributed by atoms with Gasteiger partial charge in [0, 0.05) is 12.1 Å². The second-order valence-electron chi connectivity index (χ2n) is 5.14. The van der Waals surface area contributed by atoms with Gasteiger partial charge in [-0.25, -0.2) is 4.68 Å². The second-order valence-corrected chi connectivity index (χ2v) is 5.55. The van der Waals surface area contributed by atoms with Gasteiger partial charge in [0.15, 0.2) is 5.65 Å². The number of ether oxygens (including phenoxy) is 1. The number of aromatic nitrogens is 4. The molecular formula is C15H16ClN5O2. The van der Waals surface area contributed by atoms with Crippen LogP contribution >= 0.6 is 11.6 Å². The van der Waals surface area contributed by atoms with Gasteiger partial charge in [-0.15, -0.1) is 0 Å². The highest BCUT2D eigenvalue weighted by molar-refractivity contribution is 6.31. The van der Waals surface area contributed by atoms with E-state index in [0.717, 1.165) is 16.6 Å². The smallest absolute Gasteiger partial charge is 0.251 e. The zero-order valence-corrected chi connectivity index (χ0v) is 13.5. The Morgan fingerprint density at radius 3 is 3.00 bits per heavy atom. The van der Waals surface area contributed by atoms with Crippen LogP contribution in [-0.4, -0.2) is 32.5 Å². The van der Waals surface area contributed by atoms with Gasteiger partial charge in [-0.3, -0.25) is 9.89 Å². The Morgan fingerprint density at radius 2 is 2.22 bits per heavy atom. The van der Waals surface area contributed by atoms with Gasteiger partial charge in [-0.05, 0) is 18.6 Å². The van der Waals surface area contributed by atoms with Crippen molar-refractivity contribution in [2.24, 2.45) is 7.05 Å². The van der Waals surface area contributed by atoms with Crippen molar-refractivity contribution in [3.8, 4) is 0 Å². The number of carbonyl (C=O) groups excluding carboxylic acids is 1. The van der Waals surface area contributed by atoms with Gasteiger partial charge in [-0.1, -0.05) is 29.8 Å². The fraction of sp³-hybridized carbons (Fsp3) is 0.267. The molecule has 0 bridgehead atoms. The highest BCUT2D eigenvalue weighted by Crippen LogP contribution is 2.23. The van der Waals surface area contributed by atoms with E-state index in [1.165, 1.54) is 0 Å². The van der Waals surface area contributed by atoms with Crippen molar-refractivity contribution in [3.05, 3.63) is 40.5 Å². The van der Waals surface area contributed by atoms with Crippen LogP contribution in [0.2, 0.25) is 5.02 Å². The molecule has 0 unspecified atom stereocenters. The van der Waals surface area contributed by atoms with Crippen molar-refractivity contribution in [3.63, 3.8) is 0 Å². The standard InChI is InChI=1S/C15H16ClN5O2/c1-9-13-14(18-19-15(13)21(2)20-9)17-12(22)8-23-7-10-5-3-4-6-11(10)16/h3-6H,7-8H2,1-2H3,(H2,17,18,19,22). The minimum Gasteiger partial charge on any atom is -0.367 e. The average molecular weight is 334 g/mol. The number of halogens is 1. The number of nitrogens with one attached hydrogen (secondary N) is 2. The summed E-state index contributed by atoms with van der Waals surface area (Å²) in [4.78, 5) is 12.0. The number of carbonyl (C=O) groups is 1. The van der Waals surface area contributed by atoms with Crippen LogP contribution in [0, 0.1) is 6.92 Å². The minimum atomic E-state index is -0.272. The van der Waals surface area contributed by atoms with Crippen LogP contribution in [0.25, 0.3) is 11.0 Å². The molecule has 0 radical (unpaired) electrons. The van der Waals surface area contributed by atoms with E-state index in [0.29, 0.717) is 16.5 Å². The molecule has 3 aromatic rings. The summed E-state index contributed by atoms with van der Waals surface area (Å²) in [6.07, 6.45) is 0. The van der Waals surface area contributed by atoms with E-state index in [9.17, 15) is 4.79 Å². The number of benzene rings is 1. The number of fused-ring (bicyclic) bond motifs is 1. The number of H-pyrrole nitrogens is 1. The predicted octanol–water partition coefficient (Wildman–Crippen LogP) is 2.41. The van der Waals surface area contributed by atoms with Gasteiger partial charge < -0.3 is 10.1 Å². The normalized spacial score (nSPS) is 11.1.